The fourth-order valence-electron chi connectivity index (χ4n) is 4.29. The lowest BCUT2D eigenvalue weighted by Crippen LogP contribution is -2.43. The largest absolute Gasteiger partial charge is 0.497 e. The molecule has 0 saturated heterocycles. The highest BCUT2D eigenvalue weighted by molar-refractivity contribution is 5.96. The van der Waals surface area contributed by atoms with Crippen molar-refractivity contribution in [3.8, 4) is 22.6 Å². The number of methoxy groups -OCH3 is 2. The summed E-state index contributed by atoms with van der Waals surface area (Å²) in [5.41, 5.74) is 2.16. The molecule has 13 nitrogen and oxygen atoms in total. The summed E-state index contributed by atoms with van der Waals surface area (Å²) in [5, 5.41) is 18.2. The Bertz CT molecular complexity index is 1490. The first-order valence-electron chi connectivity index (χ1n) is 14.0. The molecular weight excluding hydrogens is 536 g/mol. The van der Waals surface area contributed by atoms with Gasteiger partial charge in [0.15, 0.2) is 5.65 Å². The number of pyridine rings is 1. The van der Waals surface area contributed by atoms with Crippen LogP contribution in [0.5, 0.6) is 11.5 Å². The lowest BCUT2D eigenvalue weighted by atomic mass is 10.0. The molecule has 0 bridgehead atoms. The first kappa shape index (κ1) is 30.4. The summed E-state index contributed by atoms with van der Waals surface area (Å²) < 4.78 is 12.8. The number of hydrogen-bond donors (Lipinski definition) is 3. The molecule has 0 aliphatic rings. The Hall–Kier alpha value is -4.52. The van der Waals surface area contributed by atoms with Crippen LogP contribution in [0.1, 0.15) is 40.3 Å². The second kappa shape index (κ2) is 13.4. The zero-order valence-electron chi connectivity index (χ0n) is 25.4. The highest BCUT2D eigenvalue weighted by atomic mass is 16.5. The van der Waals surface area contributed by atoms with Crippen LogP contribution in [0.15, 0.2) is 36.7 Å². The molecule has 4 aromatic rings. The number of carbonyl (C=O) groups is 1. The number of aromatic nitrogens is 6. The number of likely N-dealkylation sites (N-methyl/N-ethyl adjacent to an activating group) is 1. The van der Waals surface area contributed by atoms with E-state index in [1.165, 1.54) is 0 Å². The number of amides is 2. The average molecular weight is 577 g/mol. The molecule has 0 radical (unpaired) electrons. The van der Waals surface area contributed by atoms with Gasteiger partial charge < -0.3 is 25.0 Å². The van der Waals surface area contributed by atoms with Crippen LogP contribution in [-0.4, -0.2) is 80.3 Å². The second-order valence-electron chi connectivity index (χ2n) is 10.8. The summed E-state index contributed by atoms with van der Waals surface area (Å²) in [5.74, 6) is 1.93. The summed E-state index contributed by atoms with van der Waals surface area (Å²) in [6, 6.07) is 6.98. The number of carbonyl (C=O) groups excluding carboxylic acids is 1. The van der Waals surface area contributed by atoms with E-state index in [1.807, 2.05) is 49.8 Å². The zero-order chi connectivity index (χ0) is 30.3. The standard InChI is InChI=1S/C29H40N10O3/c1-8-38(9-2)10-11-39-18-21(36-37-39)17-31-27-30-16-20-14-24(19-12-22(41-6)15-23(13-19)42-7)26(32-25(20)33-27)34-28(40)35-29(3,4)5/h12-16,18H,8-11,17H2,1-7H3,(H3,30,31,32,33,34,35,40). The molecule has 0 aliphatic heterocycles. The van der Waals surface area contributed by atoms with Gasteiger partial charge in [0.05, 0.1) is 33.5 Å². The van der Waals surface area contributed by atoms with E-state index < -0.39 is 5.54 Å². The van der Waals surface area contributed by atoms with Crippen LogP contribution >= 0.6 is 0 Å². The summed E-state index contributed by atoms with van der Waals surface area (Å²) >= 11 is 0. The molecule has 0 atom stereocenters. The Kier molecular flexibility index (Phi) is 9.73. The van der Waals surface area contributed by atoms with Gasteiger partial charge in [-0.25, -0.2) is 14.8 Å². The predicted molar refractivity (Wildman–Crippen MR) is 163 cm³/mol. The van der Waals surface area contributed by atoms with Crippen molar-refractivity contribution < 1.29 is 14.3 Å². The third-order valence-electron chi connectivity index (χ3n) is 6.50. The quantitative estimate of drug-likeness (QED) is 0.225. The fourth-order valence-corrected chi connectivity index (χ4v) is 4.29. The van der Waals surface area contributed by atoms with Crippen molar-refractivity contribution in [1.29, 1.82) is 0 Å². The van der Waals surface area contributed by atoms with E-state index in [9.17, 15) is 4.79 Å². The number of nitrogens with one attached hydrogen (secondary N) is 3. The SMILES string of the molecule is CCN(CC)CCn1cc(CNc2ncc3cc(-c4cc(OC)cc(OC)c4)c(NC(=O)NC(C)(C)C)nc3n2)nn1. The Balaban J connectivity index is 1.60. The minimum atomic E-state index is -0.438. The van der Waals surface area contributed by atoms with E-state index in [1.54, 1.807) is 26.5 Å². The topological polar surface area (TPSA) is 144 Å². The summed E-state index contributed by atoms with van der Waals surface area (Å²) in [7, 11) is 3.17. The van der Waals surface area contributed by atoms with Gasteiger partial charge in [-0.15, -0.1) is 5.10 Å². The van der Waals surface area contributed by atoms with Crippen molar-refractivity contribution in [2.45, 2.75) is 53.2 Å². The minimum Gasteiger partial charge on any atom is -0.497 e. The van der Waals surface area contributed by atoms with Crippen LogP contribution in [0.4, 0.5) is 16.6 Å². The first-order chi connectivity index (χ1) is 20.1. The molecule has 42 heavy (non-hydrogen) atoms. The monoisotopic (exact) mass is 576 g/mol. The first-order valence-corrected chi connectivity index (χ1v) is 14.0. The van der Waals surface area contributed by atoms with Crippen molar-refractivity contribution in [3.63, 3.8) is 0 Å². The molecule has 3 heterocycles. The predicted octanol–water partition coefficient (Wildman–Crippen LogP) is 4.17. The second-order valence-corrected chi connectivity index (χ2v) is 10.8. The molecule has 3 N–H and O–H groups in total. The molecule has 13 heteroatoms. The van der Waals surface area contributed by atoms with Gasteiger partial charge in [0.25, 0.3) is 0 Å². The highest BCUT2D eigenvalue weighted by Crippen LogP contribution is 2.35. The molecule has 0 aliphatic carbocycles. The van der Waals surface area contributed by atoms with Crippen molar-refractivity contribution in [2.75, 3.05) is 44.5 Å². The molecule has 1 aromatic carbocycles. The number of ether oxygens (including phenoxy) is 2. The van der Waals surface area contributed by atoms with Crippen molar-refractivity contribution >= 4 is 28.8 Å². The van der Waals surface area contributed by atoms with Gasteiger partial charge in [-0.3, -0.25) is 10.00 Å². The maximum Gasteiger partial charge on any atom is 0.320 e. The van der Waals surface area contributed by atoms with Gasteiger partial charge in [-0.2, -0.15) is 4.98 Å². The van der Waals surface area contributed by atoms with Crippen LogP contribution in [0.2, 0.25) is 0 Å². The number of nitrogens with zero attached hydrogens (tertiary/aromatic N) is 7. The average Bonchev–Trinajstić information content (AvgIpc) is 3.42. The Labute approximate surface area is 246 Å². The number of urea groups is 1. The van der Waals surface area contributed by atoms with E-state index in [0.717, 1.165) is 37.4 Å². The molecule has 0 saturated carbocycles. The van der Waals surface area contributed by atoms with Crippen LogP contribution in [0.3, 0.4) is 0 Å². The number of hydrogen-bond acceptors (Lipinski definition) is 10. The van der Waals surface area contributed by atoms with Gasteiger partial charge in [0.2, 0.25) is 5.95 Å². The van der Waals surface area contributed by atoms with Gasteiger partial charge in [0, 0.05) is 35.3 Å². The van der Waals surface area contributed by atoms with Crippen molar-refractivity contribution in [3.05, 3.63) is 42.4 Å². The maximum absolute atomic E-state index is 12.9. The van der Waals surface area contributed by atoms with Gasteiger partial charge in [0.1, 0.15) is 23.0 Å². The third kappa shape index (κ3) is 8.03. The molecule has 3 aromatic heterocycles. The molecule has 224 valence electrons. The van der Waals surface area contributed by atoms with E-state index in [-0.39, 0.29) is 6.03 Å². The number of rotatable bonds is 12. The Morgan fingerprint density at radius 2 is 1.74 bits per heavy atom. The van der Waals surface area contributed by atoms with E-state index in [2.05, 4.69) is 55.0 Å². The van der Waals surface area contributed by atoms with E-state index in [0.29, 0.717) is 46.4 Å². The lowest BCUT2D eigenvalue weighted by Gasteiger charge is -2.21. The normalized spacial score (nSPS) is 11.5. The fraction of sp³-hybridized carbons (Fsp3) is 0.448. The molecule has 4 rings (SSSR count). The van der Waals surface area contributed by atoms with Gasteiger partial charge in [-0.05, 0) is 57.6 Å². The molecule has 0 spiro atoms. The summed E-state index contributed by atoms with van der Waals surface area (Å²) in [4.78, 5) is 29.0. The highest BCUT2D eigenvalue weighted by Gasteiger charge is 2.19. The summed E-state index contributed by atoms with van der Waals surface area (Å²) in [6.07, 6.45) is 3.61. The lowest BCUT2D eigenvalue weighted by molar-refractivity contribution is 0.243. The zero-order valence-corrected chi connectivity index (χ0v) is 25.4. The van der Waals surface area contributed by atoms with Crippen LogP contribution in [0, 0.1) is 0 Å². The van der Waals surface area contributed by atoms with Crippen LogP contribution in [0.25, 0.3) is 22.2 Å². The molecular formula is C29H40N10O3. The minimum absolute atomic E-state index is 0.334. The summed E-state index contributed by atoms with van der Waals surface area (Å²) in [6.45, 7) is 14.1. The smallest absolute Gasteiger partial charge is 0.320 e. The number of benzene rings is 1. The van der Waals surface area contributed by atoms with Crippen LogP contribution in [-0.2, 0) is 13.1 Å². The van der Waals surface area contributed by atoms with Gasteiger partial charge in [-0.1, -0.05) is 19.1 Å². The third-order valence-corrected chi connectivity index (χ3v) is 6.50. The van der Waals surface area contributed by atoms with Crippen LogP contribution < -0.4 is 25.4 Å². The van der Waals surface area contributed by atoms with Crippen molar-refractivity contribution in [1.82, 2.24) is 40.2 Å². The molecule has 0 unspecified atom stereocenters. The van der Waals surface area contributed by atoms with Gasteiger partial charge >= 0.3 is 6.03 Å². The Morgan fingerprint density at radius 1 is 1.02 bits per heavy atom. The van der Waals surface area contributed by atoms with Crippen molar-refractivity contribution in [2.24, 2.45) is 0 Å². The number of fused-ring (bicyclic) bond motifs is 1. The number of anilines is 2. The molecule has 2 amide bonds. The van der Waals surface area contributed by atoms with E-state index >= 15 is 0 Å². The molecule has 0 fully saturated rings. The maximum atomic E-state index is 12.9. The van der Waals surface area contributed by atoms with E-state index in [4.69, 9.17) is 14.5 Å². The Morgan fingerprint density at radius 3 is 2.38 bits per heavy atom.